The van der Waals surface area contributed by atoms with Crippen LogP contribution in [0.15, 0.2) is 48.5 Å². The first-order valence-corrected chi connectivity index (χ1v) is 8.09. The zero-order valence-electron chi connectivity index (χ0n) is 13.6. The molecule has 0 heterocycles. The predicted molar refractivity (Wildman–Crippen MR) is 98.7 cm³/mol. The topological polar surface area (TPSA) is 49.4 Å². The molecule has 6 heteroatoms. The SMILES string of the molecule is CN(C(=O)C(C)(C)C(=O)Nc1cc(Cl)ccc1Cl)c1ccccc1. The lowest BCUT2D eigenvalue weighted by Gasteiger charge is -2.28. The number of benzene rings is 2. The number of anilines is 2. The molecular weight excluding hydrogens is 347 g/mol. The summed E-state index contributed by atoms with van der Waals surface area (Å²) in [4.78, 5) is 26.8. The Morgan fingerprint density at radius 2 is 1.67 bits per heavy atom. The fourth-order valence-corrected chi connectivity index (χ4v) is 2.49. The van der Waals surface area contributed by atoms with Crippen molar-refractivity contribution in [3.8, 4) is 0 Å². The second kappa shape index (κ2) is 7.24. The molecule has 0 saturated heterocycles. The van der Waals surface area contributed by atoms with Crippen molar-refractivity contribution in [3.63, 3.8) is 0 Å². The summed E-state index contributed by atoms with van der Waals surface area (Å²) in [6.07, 6.45) is 0. The van der Waals surface area contributed by atoms with Gasteiger partial charge in [0.15, 0.2) is 0 Å². The molecule has 2 amide bonds. The van der Waals surface area contributed by atoms with Crippen molar-refractivity contribution >= 4 is 46.4 Å². The Kier molecular flexibility index (Phi) is 5.52. The molecule has 0 bridgehead atoms. The van der Waals surface area contributed by atoms with Crippen LogP contribution in [0.4, 0.5) is 11.4 Å². The first kappa shape index (κ1) is 18.3. The van der Waals surface area contributed by atoms with Crippen LogP contribution in [0.5, 0.6) is 0 Å². The first-order valence-electron chi connectivity index (χ1n) is 7.33. The molecule has 0 atom stereocenters. The van der Waals surface area contributed by atoms with Gasteiger partial charge in [-0.2, -0.15) is 0 Å². The second-order valence-corrected chi connectivity index (χ2v) is 6.75. The number of carbonyl (C=O) groups is 2. The molecule has 2 aromatic rings. The quantitative estimate of drug-likeness (QED) is 0.804. The Morgan fingerprint density at radius 1 is 1.04 bits per heavy atom. The van der Waals surface area contributed by atoms with Crippen molar-refractivity contribution in [2.24, 2.45) is 5.41 Å². The van der Waals surface area contributed by atoms with Crippen molar-refractivity contribution in [2.45, 2.75) is 13.8 Å². The molecule has 0 fully saturated rings. The summed E-state index contributed by atoms with van der Waals surface area (Å²) in [5.41, 5.74) is -0.197. The van der Waals surface area contributed by atoms with E-state index >= 15 is 0 Å². The summed E-state index contributed by atoms with van der Waals surface area (Å²) in [5.74, 6) is -0.788. The molecule has 0 aliphatic rings. The maximum Gasteiger partial charge on any atom is 0.241 e. The molecule has 1 N–H and O–H groups in total. The van der Waals surface area contributed by atoms with Crippen molar-refractivity contribution < 1.29 is 9.59 Å². The average Bonchev–Trinajstić information content (AvgIpc) is 2.57. The maximum absolute atomic E-state index is 12.8. The van der Waals surface area contributed by atoms with Crippen LogP contribution in [-0.2, 0) is 9.59 Å². The van der Waals surface area contributed by atoms with Crippen LogP contribution in [0.3, 0.4) is 0 Å². The third-order valence-corrected chi connectivity index (χ3v) is 4.29. The van der Waals surface area contributed by atoms with Gasteiger partial charge in [0, 0.05) is 17.8 Å². The van der Waals surface area contributed by atoms with E-state index in [0.717, 1.165) is 0 Å². The minimum Gasteiger partial charge on any atom is -0.324 e. The van der Waals surface area contributed by atoms with Crippen molar-refractivity contribution in [2.75, 3.05) is 17.3 Å². The van der Waals surface area contributed by atoms with Crippen LogP contribution < -0.4 is 10.2 Å². The van der Waals surface area contributed by atoms with E-state index in [1.165, 1.54) is 4.90 Å². The molecule has 0 saturated carbocycles. The normalized spacial score (nSPS) is 11.0. The molecule has 2 rings (SSSR count). The molecule has 0 aliphatic carbocycles. The molecule has 0 aliphatic heterocycles. The van der Waals surface area contributed by atoms with Gasteiger partial charge in [-0.25, -0.2) is 0 Å². The van der Waals surface area contributed by atoms with E-state index in [4.69, 9.17) is 23.2 Å². The summed E-state index contributed by atoms with van der Waals surface area (Å²) in [5, 5.41) is 3.47. The van der Waals surface area contributed by atoms with Crippen LogP contribution in [-0.4, -0.2) is 18.9 Å². The molecule has 24 heavy (non-hydrogen) atoms. The summed E-state index contributed by atoms with van der Waals surface area (Å²) in [7, 11) is 1.64. The minimum absolute atomic E-state index is 0.329. The minimum atomic E-state index is -1.28. The number of para-hydroxylation sites is 1. The number of nitrogens with zero attached hydrogens (tertiary/aromatic N) is 1. The summed E-state index contributed by atoms with van der Waals surface area (Å²) >= 11 is 12.0. The Hall–Kier alpha value is -2.04. The highest BCUT2D eigenvalue weighted by Crippen LogP contribution is 2.29. The summed E-state index contributed by atoms with van der Waals surface area (Å²) in [6.45, 7) is 3.14. The second-order valence-electron chi connectivity index (χ2n) is 5.90. The van der Waals surface area contributed by atoms with Gasteiger partial charge in [-0.3, -0.25) is 9.59 Å². The molecule has 126 valence electrons. The van der Waals surface area contributed by atoms with Crippen molar-refractivity contribution in [1.29, 1.82) is 0 Å². The third-order valence-electron chi connectivity index (χ3n) is 3.73. The van der Waals surface area contributed by atoms with E-state index in [1.807, 2.05) is 18.2 Å². The Bertz CT molecular complexity index is 761. The number of hydrogen-bond acceptors (Lipinski definition) is 2. The molecule has 0 spiro atoms. The number of hydrogen-bond donors (Lipinski definition) is 1. The lowest BCUT2D eigenvalue weighted by atomic mass is 9.90. The number of nitrogens with one attached hydrogen (secondary N) is 1. The summed E-state index contributed by atoms with van der Waals surface area (Å²) < 4.78 is 0. The molecule has 4 nitrogen and oxygen atoms in total. The predicted octanol–water partition coefficient (Wildman–Crippen LogP) is 4.62. The molecular formula is C18H18Cl2N2O2. The zero-order chi connectivity index (χ0) is 17.9. The standard InChI is InChI=1S/C18H18Cl2N2O2/c1-18(2,17(24)22(3)13-7-5-4-6-8-13)16(23)21-15-11-12(19)9-10-14(15)20/h4-11H,1-3H3,(H,21,23). The largest absolute Gasteiger partial charge is 0.324 e. The number of halogens is 2. The molecule has 0 aromatic heterocycles. The van der Waals surface area contributed by atoms with E-state index in [1.54, 1.807) is 51.2 Å². The lowest BCUT2D eigenvalue weighted by molar-refractivity contribution is -0.136. The number of amides is 2. The fourth-order valence-electron chi connectivity index (χ4n) is 2.16. The van der Waals surface area contributed by atoms with Gasteiger partial charge in [-0.05, 0) is 44.2 Å². The van der Waals surface area contributed by atoms with Gasteiger partial charge in [-0.15, -0.1) is 0 Å². The zero-order valence-corrected chi connectivity index (χ0v) is 15.2. The monoisotopic (exact) mass is 364 g/mol. The van der Waals surface area contributed by atoms with Gasteiger partial charge in [-0.1, -0.05) is 41.4 Å². The van der Waals surface area contributed by atoms with E-state index in [0.29, 0.717) is 21.4 Å². The Balaban J connectivity index is 2.20. The van der Waals surface area contributed by atoms with E-state index in [2.05, 4.69) is 5.32 Å². The van der Waals surface area contributed by atoms with Gasteiger partial charge < -0.3 is 10.2 Å². The highest BCUT2D eigenvalue weighted by molar-refractivity contribution is 6.36. The highest BCUT2D eigenvalue weighted by atomic mass is 35.5. The van der Waals surface area contributed by atoms with Gasteiger partial charge >= 0.3 is 0 Å². The van der Waals surface area contributed by atoms with Crippen LogP contribution in [0.1, 0.15) is 13.8 Å². The molecule has 0 radical (unpaired) electrons. The van der Waals surface area contributed by atoms with Crippen LogP contribution in [0.2, 0.25) is 10.0 Å². The van der Waals surface area contributed by atoms with Gasteiger partial charge in [0.2, 0.25) is 11.8 Å². The number of carbonyl (C=O) groups excluding carboxylic acids is 2. The third kappa shape index (κ3) is 3.89. The van der Waals surface area contributed by atoms with Crippen molar-refractivity contribution in [3.05, 3.63) is 58.6 Å². The summed E-state index contributed by atoms with van der Waals surface area (Å²) in [6, 6.07) is 13.9. The van der Waals surface area contributed by atoms with Gasteiger partial charge in [0.1, 0.15) is 5.41 Å². The van der Waals surface area contributed by atoms with Crippen LogP contribution in [0, 0.1) is 5.41 Å². The Morgan fingerprint density at radius 3 is 2.29 bits per heavy atom. The first-order chi connectivity index (χ1) is 11.2. The molecule has 0 unspecified atom stereocenters. The van der Waals surface area contributed by atoms with Crippen LogP contribution >= 0.6 is 23.2 Å². The van der Waals surface area contributed by atoms with E-state index in [-0.39, 0.29) is 5.91 Å². The highest BCUT2D eigenvalue weighted by Gasteiger charge is 2.38. The molecule has 2 aromatic carbocycles. The maximum atomic E-state index is 12.8. The smallest absolute Gasteiger partial charge is 0.241 e. The van der Waals surface area contributed by atoms with Crippen LogP contribution in [0.25, 0.3) is 0 Å². The van der Waals surface area contributed by atoms with Gasteiger partial charge in [0.05, 0.1) is 10.7 Å². The van der Waals surface area contributed by atoms with Gasteiger partial charge in [0.25, 0.3) is 0 Å². The van der Waals surface area contributed by atoms with E-state index in [9.17, 15) is 9.59 Å². The fraction of sp³-hybridized carbons (Fsp3) is 0.222. The number of rotatable bonds is 4. The average molecular weight is 365 g/mol. The lowest BCUT2D eigenvalue weighted by Crippen LogP contribution is -2.46. The Labute approximate surface area is 151 Å². The van der Waals surface area contributed by atoms with E-state index < -0.39 is 11.3 Å². The van der Waals surface area contributed by atoms with Crippen molar-refractivity contribution in [1.82, 2.24) is 0 Å².